The van der Waals surface area contributed by atoms with Gasteiger partial charge >= 0.3 is 5.91 Å². The standard InChI is InChI=1S/C15H16N2O2/c1-11(2)13-7-5-12(6-8-13)10-16-17-15(18)14-4-3-9-19-14/h3-11H,1-2H3,(H,17,18)/b16-10+. The number of hydrogen-bond acceptors (Lipinski definition) is 3. The van der Waals surface area contributed by atoms with Crippen molar-refractivity contribution in [3.8, 4) is 0 Å². The third kappa shape index (κ3) is 3.55. The summed E-state index contributed by atoms with van der Waals surface area (Å²) in [6.45, 7) is 4.29. The largest absolute Gasteiger partial charge is 0.459 e. The van der Waals surface area contributed by atoms with Crippen molar-refractivity contribution in [2.75, 3.05) is 0 Å². The first kappa shape index (κ1) is 13.1. The molecule has 98 valence electrons. The highest BCUT2D eigenvalue weighted by Crippen LogP contribution is 2.13. The molecule has 1 amide bonds. The zero-order chi connectivity index (χ0) is 13.7. The highest BCUT2D eigenvalue weighted by molar-refractivity contribution is 5.92. The van der Waals surface area contributed by atoms with Crippen LogP contribution in [0.4, 0.5) is 0 Å². The number of nitrogens with zero attached hydrogens (tertiary/aromatic N) is 1. The molecule has 0 spiro atoms. The van der Waals surface area contributed by atoms with Crippen molar-refractivity contribution in [2.24, 2.45) is 5.10 Å². The second-order valence-electron chi connectivity index (χ2n) is 4.50. The molecule has 0 unspecified atom stereocenters. The van der Waals surface area contributed by atoms with Crippen molar-refractivity contribution >= 4 is 12.1 Å². The van der Waals surface area contributed by atoms with Crippen LogP contribution in [-0.2, 0) is 0 Å². The molecule has 0 fully saturated rings. The minimum absolute atomic E-state index is 0.243. The van der Waals surface area contributed by atoms with E-state index < -0.39 is 0 Å². The van der Waals surface area contributed by atoms with E-state index in [-0.39, 0.29) is 11.7 Å². The lowest BCUT2D eigenvalue weighted by atomic mass is 10.0. The molecule has 0 aliphatic heterocycles. The first-order valence-corrected chi connectivity index (χ1v) is 6.13. The predicted molar refractivity (Wildman–Crippen MR) is 74.3 cm³/mol. The molecule has 4 nitrogen and oxygen atoms in total. The molecule has 0 saturated heterocycles. The minimum atomic E-state index is -0.361. The lowest BCUT2D eigenvalue weighted by molar-refractivity contribution is 0.0927. The number of carbonyl (C=O) groups excluding carboxylic acids is 1. The van der Waals surface area contributed by atoms with Crippen LogP contribution in [0, 0.1) is 0 Å². The van der Waals surface area contributed by atoms with Gasteiger partial charge in [0, 0.05) is 0 Å². The van der Waals surface area contributed by atoms with Crippen LogP contribution in [0.15, 0.2) is 52.2 Å². The van der Waals surface area contributed by atoms with Gasteiger partial charge in [-0.25, -0.2) is 5.43 Å². The normalized spacial score (nSPS) is 11.1. The van der Waals surface area contributed by atoms with E-state index in [1.807, 2.05) is 12.1 Å². The summed E-state index contributed by atoms with van der Waals surface area (Å²) in [7, 11) is 0. The SMILES string of the molecule is CC(C)c1ccc(/C=N/NC(=O)c2ccco2)cc1. The molecular weight excluding hydrogens is 240 g/mol. The first-order valence-electron chi connectivity index (χ1n) is 6.13. The fourth-order valence-electron chi connectivity index (χ4n) is 1.60. The van der Waals surface area contributed by atoms with Crippen molar-refractivity contribution < 1.29 is 9.21 Å². The molecule has 19 heavy (non-hydrogen) atoms. The van der Waals surface area contributed by atoms with Crippen LogP contribution in [0.1, 0.15) is 41.4 Å². The number of nitrogens with one attached hydrogen (secondary N) is 1. The Kier molecular flexibility index (Phi) is 4.13. The molecule has 1 aromatic heterocycles. The van der Waals surface area contributed by atoms with Gasteiger partial charge in [-0.2, -0.15) is 5.10 Å². The molecule has 0 aliphatic rings. The van der Waals surface area contributed by atoms with Crippen LogP contribution in [0.2, 0.25) is 0 Å². The monoisotopic (exact) mass is 256 g/mol. The van der Waals surface area contributed by atoms with Gasteiger partial charge in [0.25, 0.3) is 0 Å². The van der Waals surface area contributed by atoms with Crippen LogP contribution in [-0.4, -0.2) is 12.1 Å². The average molecular weight is 256 g/mol. The van der Waals surface area contributed by atoms with Crippen molar-refractivity contribution in [3.63, 3.8) is 0 Å². The Morgan fingerprint density at radius 1 is 1.26 bits per heavy atom. The lowest BCUT2D eigenvalue weighted by Crippen LogP contribution is -2.16. The number of furan rings is 1. The van der Waals surface area contributed by atoms with Crippen molar-refractivity contribution in [3.05, 3.63) is 59.5 Å². The molecular formula is C15H16N2O2. The molecule has 0 saturated carbocycles. The minimum Gasteiger partial charge on any atom is -0.459 e. The molecule has 0 aliphatic carbocycles. The molecule has 0 atom stereocenters. The number of carbonyl (C=O) groups is 1. The van der Waals surface area contributed by atoms with E-state index in [9.17, 15) is 4.79 Å². The van der Waals surface area contributed by atoms with Crippen molar-refractivity contribution in [1.29, 1.82) is 0 Å². The van der Waals surface area contributed by atoms with E-state index >= 15 is 0 Å². The van der Waals surface area contributed by atoms with Crippen LogP contribution < -0.4 is 5.43 Å². The molecule has 0 bridgehead atoms. The average Bonchev–Trinajstić information content (AvgIpc) is 2.93. The zero-order valence-corrected chi connectivity index (χ0v) is 11.0. The van der Waals surface area contributed by atoms with Gasteiger partial charge in [0.1, 0.15) is 0 Å². The summed E-state index contributed by atoms with van der Waals surface area (Å²) in [5, 5.41) is 3.89. The van der Waals surface area contributed by atoms with Crippen LogP contribution in [0.3, 0.4) is 0 Å². The molecule has 0 radical (unpaired) electrons. The fourth-order valence-corrected chi connectivity index (χ4v) is 1.60. The zero-order valence-electron chi connectivity index (χ0n) is 11.0. The summed E-state index contributed by atoms with van der Waals surface area (Å²) >= 11 is 0. The van der Waals surface area contributed by atoms with Gasteiger partial charge in [0.2, 0.25) is 0 Å². The van der Waals surface area contributed by atoms with E-state index in [1.54, 1.807) is 18.3 Å². The van der Waals surface area contributed by atoms with E-state index in [0.717, 1.165) is 5.56 Å². The van der Waals surface area contributed by atoms with Gasteiger partial charge in [0.15, 0.2) is 5.76 Å². The predicted octanol–water partition coefficient (Wildman–Crippen LogP) is 3.17. The Morgan fingerprint density at radius 3 is 2.58 bits per heavy atom. The topological polar surface area (TPSA) is 54.6 Å². The third-order valence-electron chi connectivity index (χ3n) is 2.73. The number of amides is 1. The summed E-state index contributed by atoms with van der Waals surface area (Å²) < 4.78 is 4.95. The second-order valence-corrected chi connectivity index (χ2v) is 4.50. The van der Waals surface area contributed by atoms with Gasteiger partial charge in [0.05, 0.1) is 12.5 Å². The Hall–Kier alpha value is -2.36. The number of hydrazone groups is 1. The number of benzene rings is 1. The van der Waals surface area contributed by atoms with Crippen LogP contribution >= 0.6 is 0 Å². The Bertz CT molecular complexity index is 554. The van der Waals surface area contributed by atoms with Gasteiger partial charge in [-0.1, -0.05) is 38.1 Å². The summed E-state index contributed by atoms with van der Waals surface area (Å²) in [5.74, 6) is 0.386. The first-order chi connectivity index (χ1) is 9.16. The highest BCUT2D eigenvalue weighted by Gasteiger charge is 2.05. The molecule has 4 heteroatoms. The van der Waals surface area contributed by atoms with Gasteiger partial charge in [-0.3, -0.25) is 4.79 Å². The quantitative estimate of drug-likeness (QED) is 0.674. The number of hydrogen-bond donors (Lipinski definition) is 1. The summed E-state index contributed by atoms with van der Waals surface area (Å²) in [6.07, 6.45) is 3.05. The molecule has 1 N–H and O–H groups in total. The highest BCUT2D eigenvalue weighted by atomic mass is 16.3. The second kappa shape index (κ2) is 6.00. The van der Waals surface area contributed by atoms with Crippen LogP contribution in [0.25, 0.3) is 0 Å². The lowest BCUT2D eigenvalue weighted by Gasteiger charge is -2.04. The third-order valence-corrected chi connectivity index (χ3v) is 2.73. The van der Waals surface area contributed by atoms with Gasteiger partial charge in [-0.05, 0) is 29.2 Å². The van der Waals surface area contributed by atoms with Crippen molar-refractivity contribution in [2.45, 2.75) is 19.8 Å². The number of rotatable bonds is 4. The maximum absolute atomic E-state index is 11.5. The Balaban J connectivity index is 1.94. The summed E-state index contributed by atoms with van der Waals surface area (Å²) in [6, 6.07) is 11.3. The molecule has 1 heterocycles. The Morgan fingerprint density at radius 2 is 2.00 bits per heavy atom. The fraction of sp³-hybridized carbons (Fsp3) is 0.200. The summed E-state index contributed by atoms with van der Waals surface area (Å²) in [5.41, 5.74) is 4.62. The molecule has 2 aromatic rings. The smallest absolute Gasteiger partial charge is 0.307 e. The van der Waals surface area contributed by atoms with E-state index in [0.29, 0.717) is 5.92 Å². The van der Waals surface area contributed by atoms with Crippen molar-refractivity contribution in [1.82, 2.24) is 5.43 Å². The summed E-state index contributed by atoms with van der Waals surface area (Å²) in [4.78, 5) is 11.5. The van der Waals surface area contributed by atoms with Gasteiger partial charge in [-0.15, -0.1) is 0 Å². The molecule has 2 rings (SSSR count). The maximum atomic E-state index is 11.5. The van der Waals surface area contributed by atoms with Crippen LogP contribution in [0.5, 0.6) is 0 Å². The van der Waals surface area contributed by atoms with E-state index in [2.05, 4.69) is 36.5 Å². The van der Waals surface area contributed by atoms with E-state index in [4.69, 9.17) is 4.42 Å². The van der Waals surface area contributed by atoms with E-state index in [1.165, 1.54) is 11.8 Å². The molecule has 1 aromatic carbocycles. The van der Waals surface area contributed by atoms with Gasteiger partial charge < -0.3 is 4.42 Å². The Labute approximate surface area is 112 Å². The maximum Gasteiger partial charge on any atom is 0.307 e.